The van der Waals surface area contributed by atoms with Gasteiger partial charge in [0.05, 0.1) is 12.2 Å². The topological polar surface area (TPSA) is 29.3 Å². The molecule has 0 aliphatic heterocycles. The fourth-order valence-electron chi connectivity index (χ4n) is 2.07. The molecule has 0 unspecified atom stereocenters. The first-order valence-electron chi connectivity index (χ1n) is 6.26. The molecule has 0 aliphatic carbocycles. The Kier molecular flexibility index (Phi) is 3.10. The summed E-state index contributed by atoms with van der Waals surface area (Å²) >= 11 is 0. The highest BCUT2D eigenvalue weighted by atomic mass is 19.1. The van der Waals surface area contributed by atoms with E-state index in [-0.39, 0.29) is 12.2 Å². The fraction of sp³-hybridized carbons (Fsp3) is 0.133. The Hall–Kier alpha value is -2.43. The standard InChI is InChI=1S/C15H13F2N3/c1-10-5-6-12(16)15(14(10)17)18-8-11-9-20-7-3-2-4-13(20)19-11/h2-7,9,18H,8H2,1H3. The van der Waals surface area contributed by atoms with Crippen molar-refractivity contribution in [2.45, 2.75) is 13.5 Å². The van der Waals surface area contributed by atoms with Crippen LogP contribution in [0.15, 0.2) is 42.7 Å². The second-order valence-electron chi connectivity index (χ2n) is 4.61. The van der Waals surface area contributed by atoms with E-state index in [0.717, 1.165) is 11.3 Å². The third-order valence-electron chi connectivity index (χ3n) is 3.14. The summed E-state index contributed by atoms with van der Waals surface area (Å²) in [4.78, 5) is 4.37. The number of rotatable bonds is 3. The van der Waals surface area contributed by atoms with E-state index in [1.165, 1.54) is 12.1 Å². The summed E-state index contributed by atoms with van der Waals surface area (Å²) in [5, 5.41) is 2.77. The molecule has 0 amide bonds. The summed E-state index contributed by atoms with van der Waals surface area (Å²) < 4.78 is 29.3. The first-order valence-corrected chi connectivity index (χ1v) is 6.26. The number of hydrogen-bond donors (Lipinski definition) is 1. The number of imidazole rings is 1. The second-order valence-corrected chi connectivity index (χ2v) is 4.61. The van der Waals surface area contributed by atoms with Gasteiger partial charge in [-0.05, 0) is 30.7 Å². The first kappa shape index (κ1) is 12.6. The van der Waals surface area contributed by atoms with Crippen LogP contribution in [0.1, 0.15) is 11.3 Å². The number of aromatic nitrogens is 2. The van der Waals surface area contributed by atoms with Gasteiger partial charge in [-0.25, -0.2) is 13.8 Å². The zero-order valence-corrected chi connectivity index (χ0v) is 10.9. The molecule has 0 saturated carbocycles. The molecule has 0 radical (unpaired) electrons. The molecule has 2 heterocycles. The number of fused-ring (bicyclic) bond motifs is 1. The lowest BCUT2D eigenvalue weighted by molar-refractivity contribution is 0.582. The average Bonchev–Trinajstić information content (AvgIpc) is 2.86. The number of benzene rings is 1. The normalized spacial score (nSPS) is 10.9. The molecule has 3 aromatic rings. The SMILES string of the molecule is Cc1ccc(F)c(NCc2cn3ccccc3n2)c1F. The highest BCUT2D eigenvalue weighted by Crippen LogP contribution is 2.22. The molecule has 1 aromatic carbocycles. The van der Waals surface area contributed by atoms with E-state index in [2.05, 4.69) is 10.3 Å². The summed E-state index contributed by atoms with van der Waals surface area (Å²) in [5.74, 6) is -1.16. The van der Waals surface area contributed by atoms with Gasteiger partial charge < -0.3 is 9.72 Å². The van der Waals surface area contributed by atoms with Crippen molar-refractivity contribution in [1.29, 1.82) is 0 Å². The van der Waals surface area contributed by atoms with Gasteiger partial charge >= 0.3 is 0 Å². The van der Waals surface area contributed by atoms with Crippen molar-refractivity contribution in [3.63, 3.8) is 0 Å². The zero-order chi connectivity index (χ0) is 14.1. The highest BCUT2D eigenvalue weighted by molar-refractivity contribution is 5.49. The van der Waals surface area contributed by atoms with E-state index in [1.807, 2.05) is 35.0 Å². The number of halogens is 2. The van der Waals surface area contributed by atoms with Crippen LogP contribution in [-0.4, -0.2) is 9.38 Å². The number of pyridine rings is 1. The van der Waals surface area contributed by atoms with E-state index in [0.29, 0.717) is 5.56 Å². The highest BCUT2D eigenvalue weighted by Gasteiger charge is 2.11. The van der Waals surface area contributed by atoms with Gasteiger partial charge in [0.1, 0.15) is 17.2 Å². The molecule has 0 bridgehead atoms. The summed E-state index contributed by atoms with van der Waals surface area (Å²) in [6.07, 6.45) is 3.70. The van der Waals surface area contributed by atoms with Crippen LogP contribution in [0.2, 0.25) is 0 Å². The maximum absolute atomic E-state index is 13.8. The molecule has 2 aromatic heterocycles. The monoisotopic (exact) mass is 273 g/mol. The number of aryl methyl sites for hydroxylation is 1. The lowest BCUT2D eigenvalue weighted by Crippen LogP contribution is -2.05. The average molecular weight is 273 g/mol. The van der Waals surface area contributed by atoms with Gasteiger partial charge in [0.15, 0.2) is 5.82 Å². The second kappa shape index (κ2) is 4.92. The van der Waals surface area contributed by atoms with Crippen molar-refractivity contribution in [3.05, 3.63) is 65.6 Å². The Bertz CT molecular complexity index is 732. The van der Waals surface area contributed by atoms with E-state index < -0.39 is 11.6 Å². The lowest BCUT2D eigenvalue weighted by Gasteiger charge is -2.08. The Morgan fingerprint density at radius 2 is 2.05 bits per heavy atom. The van der Waals surface area contributed by atoms with E-state index in [1.54, 1.807) is 6.92 Å². The molecule has 3 nitrogen and oxygen atoms in total. The number of nitrogens with one attached hydrogen (secondary N) is 1. The van der Waals surface area contributed by atoms with Crippen molar-refractivity contribution >= 4 is 11.3 Å². The van der Waals surface area contributed by atoms with E-state index >= 15 is 0 Å². The van der Waals surface area contributed by atoms with Gasteiger partial charge in [-0.3, -0.25) is 0 Å². The molecule has 0 atom stereocenters. The quantitative estimate of drug-likeness (QED) is 0.791. The van der Waals surface area contributed by atoms with Crippen LogP contribution >= 0.6 is 0 Å². The Balaban J connectivity index is 1.84. The Morgan fingerprint density at radius 3 is 2.85 bits per heavy atom. The maximum Gasteiger partial charge on any atom is 0.152 e. The predicted octanol–water partition coefficient (Wildman–Crippen LogP) is 3.53. The van der Waals surface area contributed by atoms with Crippen LogP contribution < -0.4 is 5.32 Å². The van der Waals surface area contributed by atoms with Gasteiger partial charge in [0.2, 0.25) is 0 Å². The van der Waals surface area contributed by atoms with E-state index in [4.69, 9.17) is 0 Å². The van der Waals surface area contributed by atoms with Crippen molar-refractivity contribution < 1.29 is 8.78 Å². The van der Waals surface area contributed by atoms with E-state index in [9.17, 15) is 8.78 Å². The minimum atomic E-state index is -0.600. The van der Waals surface area contributed by atoms with Gasteiger partial charge in [-0.2, -0.15) is 0 Å². The molecule has 20 heavy (non-hydrogen) atoms. The van der Waals surface area contributed by atoms with Crippen molar-refractivity contribution in [2.24, 2.45) is 0 Å². The summed E-state index contributed by atoms with van der Waals surface area (Å²) in [7, 11) is 0. The summed E-state index contributed by atoms with van der Waals surface area (Å²) in [5.41, 5.74) is 1.82. The molecule has 0 saturated heterocycles. The largest absolute Gasteiger partial charge is 0.375 e. The molecule has 0 aliphatic rings. The minimum absolute atomic E-state index is 0.109. The number of anilines is 1. The van der Waals surface area contributed by atoms with Crippen LogP contribution in [-0.2, 0) is 6.54 Å². The fourth-order valence-corrected chi connectivity index (χ4v) is 2.07. The molecule has 1 N–H and O–H groups in total. The molecule has 0 fully saturated rings. The number of hydrogen-bond acceptors (Lipinski definition) is 2. The molecule has 3 rings (SSSR count). The first-order chi connectivity index (χ1) is 9.65. The Labute approximate surface area is 114 Å². The summed E-state index contributed by atoms with van der Waals surface area (Å²) in [6, 6.07) is 8.33. The van der Waals surface area contributed by atoms with Crippen LogP contribution in [0.4, 0.5) is 14.5 Å². The number of nitrogens with zero attached hydrogens (tertiary/aromatic N) is 2. The van der Waals surface area contributed by atoms with Gasteiger partial charge in [-0.1, -0.05) is 12.1 Å². The summed E-state index contributed by atoms with van der Waals surface area (Å²) in [6.45, 7) is 1.86. The van der Waals surface area contributed by atoms with Crippen molar-refractivity contribution in [1.82, 2.24) is 9.38 Å². The van der Waals surface area contributed by atoms with Crippen LogP contribution in [0.25, 0.3) is 5.65 Å². The third kappa shape index (κ3) is 2.22. The lowest BCUT2D eigenvalue weighted by atomic mass is 10.2. The maximum atomic E-state index is 13.8. The Morgan fingerprint density at radius 1 is 1.20 bits per heavy atom. The molecular weight excluding hydrogens is 260 g/mol. The van der Waals surface area contributed by atoms with Gasteiger partial charge in [0.25, 0.3) is 0 Å². The zero-order valence-electron chi connectivity index (χ0n) is 10.9. The van der Waals surface area contributed by atoms with Crippen LogP contribution in [0, 0.1) is 18.6 Å². The van der Waals surface area contributed by atoms with Gasteiger partial charge in [0, 0.05) is 12.4 Å². The van der Waals surface area contributed by atoms with Crippen LogP contribution in [0.5, 0.6) is 0 Å². The van der Waals surface area contributed by atoms with Crippen molar-refractivity contribution in [3.8, 4) is 0 Å². The molecule has 102 valence electrons. The predicted molar refractivity (Wildman–Crippen MR) is 73.6 cm³/mol. The van der Waals surface area contributed by atoms with Crippen LogP contribution in [0.3, 0.4) is 0 Å². The third-order valence-corrected chi connectivity index (χ3v) is 3.14. The van der Waals surface area contributed by atoms with Gasteiger partial charge in [-0.15, -0.1) is 0 Å². The van der Waals surface area contributed by atoms with Crippen molar-refractivity contribution in [2.75, 3.05) is 5.32 Å². The smallest absolute Gasteiger partial charge is 0.152 e. The minimum Gasteiger partial charge on any atom is -0.375 e. The molecule has 5 heteroatoms. The molecular formula is C15H13F2N3. The molecule has 0 spiro atoms.